The Labute approximate surface area is 80.0 Å². The number of hydrazine groups is 1. The van der Waals surface area contributed by atoms with Gasteiger partial charge < -0.3 is 4.74 Å². The monoisotopic (exact) mass is 184 g/mol. The quantitative estimate of drug-likeness (QED) is 0.500. The summed E-state index contributed by atoms with van der Waals surface area (Å²) in [6, 6.07) is 0. The maximum absolute atomic E-state index is 5.93. The molecule has 1 aliphatic heterocycles. The summed E-state index contributed by atoms with van der Waals surface area (Å²) in [6.45, 7) is 1.89. The molecule has 0 aromatic carbocycles. The van der Waals surface area contributed by atoms with Crippen molar-refractivity contribution in [3.63, 3.8) is 0 Å². The van der Waals surface area contributed by atoms with Crippen LogP contribution in [0.5, 0.6) is 0 Å². The fourth-order valence-electron chi connectivity index (χ4n) is 2.84. The number of nitrogens with two attached hydrogens (primary N) is 1. The molecule has 13 heavy (non-hydrogen) atoms. The lowest BCUT2D eigenvalue weighted by Crippen LogP contribution is -2.41. The van der Waals surface area contributed by atoms with E-state index in [1.807, 2.05) is 0 Å². The van der Waals surface area contributed by atoms with Crippen LogP contribution in [-0.2, 0) is 4.74 Å². The Kier molecular flexibility index (Phi) is 2.86. The highest BCUT2D eigenvalue weighted by molar-refractivity contribution is 4.91. The van der Waals surface area contributed by atoms with Crippen LogP contribution in [-0.4, -0.2) is 18.8 Å². The summed E-state index contributed by atoms with van der Waals surface area (Å²) in [5.74, 6) is 6.09. The predicted molar refractivity (Wildman–Crippen MR) is 52.1 cm³/mol. The van der Waals surface area contributed by atoms with Crippen LogP contribution in [0.15, 0.2) is 0 Å². The fraction of sp³-hybridized carbons (Fsp3) is 1.00. The molecule has 3 heteroatoms. The van der Waals surface area contributed by atoms with Crippen molar-refractivity contribution in [2.45, 2.75) is 44.1 Å². The van der Waals surface area contributed by atoms with Crippen molar-refractivity contribution in [1.29, 1.82) is 0 Å². The Bertz CT molecular complexity index is 164. The third-order valence-electron chi connectivity index (χ3n) is 3.52. The Morgan fingerprint density at radius 2 is 2.15 bits per heavy atom. The largest absolute Gasteiger partial charge is 0.375 e. The normalized spacial score (nSPS) is 32.5. The maximum atomic E-state index is 5.93. The van der Waals surface area contributed by atoms with E-state index in [4.69, 9.17) is 10.6 Å². The zero-order valence-electron chi connectivity index (χ0n) is 8.22. The van der Waals surface area contributed by atoms with Gasteiger partial charge in [-0.3, -0.25) is 11.3 Å². The molecule has 0 amide bonds. The van der Waals surface area contributed by atoms with Crippen molar-refractivity contribution in [2.24, 2.45) is 11.8 Å². The minimum Gasteiger partial charge on any atom is -0.375 e. The van der Waals surface area contributed by atoms with Crippen LogP contribution in [0.3, 0.4) is 0 Å². The molecule has 1 unspecified atom stereocenters. The molecular weight excluding hydrogens is 164 g/mol. The molecule has 0 radical (unpaired) electrons. The third kappa shape index (κ3) is 2.03. The van der Waals surface area contributed by atoms with Gasteiger partial charge in [0.2, 0.25) is 0 Å². The van der Waals surface area contributed by atoms with Gasteiger partial charge in [-0.2, -0.15) is 0 Å². The molecule has 1 saturated carbocycles. The second kappa shape index (κ2) is 3.95. The van der Waals surface area contributed by atoms with Gasteiger partial charge in [-0.1, -0.05) is 12.8 Å². The first-order chi connectivity index (χ1) is 6.35. The van der Waals surface area contributed by atoms with Gasteiger partial charge in [0, 0.05) is 13.2 Å². The number of nitrogens with one attached hydrogen (secondary N) is 1. The van der Waals surface area contributed by atoms with E-state index in [-0.39, 0.29) is 5.60 Å². The minimum atomic E-state index is 0.250. The van der Waals surface area contributed by atoms with Crippen LogP contribution in [0, 0.1) is 5.92 Å². The van der Waals surface area contributed by atoms with E-state index in [0.29, 0.717) is 0 Å². The summed E-state index contributed by atoms with van der Waals surface area (Å²) in [5, 5.41) is 0. The molecule has 2 aliphatic rings. The molecule has 0 aromatic heterocycles. The van der Waals surface area contributed by atoms with E-state index in [1.54, 1.807) is 0 Å². The topological polar surface area (TPSA) is 47.3 Å². The molecule has 76 valence electrons. The van der Waals surface area contributed by atoms with Gasteiger partial charge in [-0.05, 0) is 31.6 Å². The standard InChI is InChI=1S/C10H20N2O/c11-12-8-9-3-6-13-10(7-9)4-1-2-5-10/h9,12H,1-8,11H2. The van der Waals surface area contributed by atoms with Crippen LogP contribution in [0.2, 0.25) is 0 Å². The highest BCUT2D eigenvalue weighted by Crippen LogP contribution is 2.41. The first-order valence-electron chi connectivity index (χ1n) is 5.42. The summed E-state index contributed by atoms with van der Waals surface area (Å²) in [6.07, 6.45) is 7.64. The predicted octanol–water partition coefficient (Wildman–Crippen LogP) is 1.19. The van der Waals surface area contributed by atoms with Gasteiger partial charge in [-0.15, -0.1) is 0 Å². The number of rotatable bonds is 2. The van der Waals surface area contributed by atoms with E-state index < -0.39 is 0 Å². The number of hydrogen-bond acceptors (Lipinski definition) is 3. The zero-order valence-corrected chi connectivity index (χ0v) is 8.22. The maximum Gasteiger partial charge on any atom is 0.0685 e. The Balaban J connectivity index is 1.90. The lowest BCUT2D eigenvalue weighted by molar-refractivity contribution is -0.0920. The molecule has 1 spiro atoms. The van der Waals surface area contributed by atoms with Crippen LogP contribution in [0.1, 0.15) is 38.5 Å². The Morgan fingerprint density at radius 3 is 2.85 bits per heavy atom. The lowest BCUT2D eigenvalue weighted by atomic mass is 9.85. The van der Waals surface area contributed by atoms with Gasteiger partial charge in [0.1, 0.15) is 0 Å². The Hall–Kier alpha value is -0.120. The average Bonchev–Trinajstić information content (AvgIpc) is 2.54. The van der Waals surface area contributed by atoms with Gasteiger partial charge in [0.25, 0.3) is 0 Å². The molecule has 2 rings (SSSR count). The van der Waals surface area contributed by atoms with Crippen molar-refractivity contribution < 1.29 is 4.74 Å². The first kappa shape index (κ1) is 9.44. The fourth-order valence-corrected chi connectivity index (χ4v) is 2.84. The number of ether oxygens (including phenoxy) is 1. The molecular formula is C10H20N2O. The average molecular weight is 184 g/mol. The van der Waals surface area contributed by atoms with Gasteiger partial charge in [0.05, 0.1) is 5.60 Å². The van der Waals surface area contributed by atoms with E-state index in [2.05, 4.69) is 5.43 Å². The van der Waals surface area contributed by atoms with E-state index in [1.165, 1.54) is 38.5 Å². The minimum absolute atomic E-state index is 0.250. The van der Waals surface area contributed by atoms with Crippen molar-refractivity contribution in [3.05, 3.63) is 0 Å². The summed E-state index contributed by atoms with van der Waals surface area (Å²) in [5.41, 5.74) is 3.04. The number of hydrogen-bond donors (Lipinski definition) is 2. The molecule has 3 nitrogen and oxygen atoms in total. The summed E-state index contributed by atoms with van der Waals surface area (Å²) in [4.78, 5) is 0. The van der Waals surface area contributed by atoms with E-state index in [0.717, 1.165) is 19.1 Å². The van der Waals surface area contributed by atoms with Crippen LogP contribution < -0.4 is 11.3 Å². The van der Waals surface area contributed by atoms with Crippen LogP contribution in [0.25, 0.3) is 0 Å². The van der Waals surface area contributed by atoms with Crippen LogP contribution >= 0.6 is 0 Å². The SMILES string of the molecule is NNCC1CCOC2(CCCC2)C1. The molecule has 1 aliphatic carbocycles. The van der Waals surface area contributed by atoms with Crippen molar-refractivity contribution in [3.8, 4) is 0 Å². The molecule has 3 N–H and O–H groups in total. The highest BCUT2D eigenvalue weighted by Gasteiger charge is 2.39. The summed E-state index contributed by atoms with van der Waals surface area (Å²) in [7, 11) is 0. The smallest absolute Gasteiger partial charge is 0.0685 e. The third-order valence-corrected chi connectivity index (χ3v) is 3.52. The second-order valence-corrected chi connectivity index (χ2v) is 4.51. The van der Waals surface area contributed by atoms with Crippen molar-refractivity contribution >= 4 is 0 Å². The van der Waals surface area contributed by atoms with Gasteiger partial charge in [-0.25, -0.2) is 0 Å². The second-order valence-electron chi connectivity index (χ2n) is 4.51. The van der Waals surface area contributed by atoms with Gasteiger partial charge in [0.15, 0.2) is 0 Å². The zero-order chi connectivity index (χ0) is 9.15. The molecule has 0 aromatic rings. The van der Waals surface area contributed by atoms with Crippen LogP contribution in [0.4, 0.5) is 0 Å². The van der Waals surface area contributed by atoms with Crippen molar-refractivity contribution in [2.75, 3.05) is 13.2 Å². The molecule has 1 heterocycles. The molecule has 2 fully saturated rings. The van der Waals surface area contributed by atoms with Crippen molar-refractivity contribution in [1.82, 2.24) is 5.43 Å². The lowest BCUT2D eigenvalue weighted by Gasteiger charge is -2.38. The summed E-state index contributed by atoms with van der Waals surface area (Å²) < 4.78 is 5.93. The summed E-state index contributed by atoms with van der Waals surface area (Å²) >= 11 is 0. The molecule has 1 saturated heterocycles. The highest BCUT2D eigenvalue weighted by atomic mass is 16.5. The molecule has 1 atom stereocenters. The Morgan fingerprint density at radius 1 is 1.38 bits per heavy atom. The van der Waals surface area contributed by atoms with E-state index in [9.17, 15) is 0 Å². The van der Waals surface area contributed by atoms with E-state index >= 15 is 0 Å². The van der Waals surface area contributed by atoms with Gasteiger partial charge >= 0.3 is 0 Å². The molecule has 0 bridgehead atoms. The first-order valence-corrected chi connectivity index (χ1v) is 5.42.